The van der Waals surface area contributed by atoms with E-state index in [4.69, 9.17) is 10.5 Å². The second-order valence-electron chi connectivity index (χ2n) is 4.80. The van der Waals surface area contributed by atoms with Gasteiger partial charge in [-0.2, -0.15) is 0 Å². The molecule has 0 bridgehead atoms. The first-order valence-corrected chi connectivity index (χ1v) is 6.36. The van der Waals surface area contributed by atoms with Crippen molar-refractivity contribution in [1.29, 1.82) is 0 Å². The van der Waals surface area contributed by atoms with Gasteiger partial charge in [-0.15, -0.1) is 0 Å². The quantitative estimate of drug-likeness (QED) is 0.883. The summed E-state index contributed by atoms with van der Waals surface area (Å²) in [5.74, 6) is 1.14. The van der Waals surface area contributed by atoms with Crippen LogP contribution in [0.4, 0.5) is 5.69 Å². The van der Waals surface area contributed by atoms with Crippen molar-refractivity contribution < 1.29 is 9.53 Å². The van der Waals surface area contributed by atoms with E-state index in [0.29, 0.717) is 12.3 Å². The van der Waals surface area contributed by atoms with E-state index in [0.717, 1.165) is 31.7 Å². The molecule has 0 saturated carbocycles. The molecule has 1 saturated heterocycles. The predicted molar refractivity (Wildman–Crippen MR) is 71.7 cm³/mol. The van der Waals surface area contributed by atoms with E-state index in [9.17, 15) is 4.79 Å². The number of primary amides is 1. The fourth-order valence-electron chi connectivity index (χ4n) is 2.49. The number of ether oxygens (including phenoxy) is 1. The van der Waals surface area contributed by atoms with Gasteiger partial charge in [0.15, 0.2) is 0 Å². The Labute approximate surface area is 108 Å². The summed E-state index contributed by atoms with van der Waals surface area (Å²) in [6, 6.07) is 8.10. The molecule has 1 aromatic carbocycles. The number of carbonyl (C=O) groups is 1. The van der Waals surface area contributed by atoms with Crippen molar-refractivity contribution in [1.82, 2.24) is 0 Å². The van der Waals surface area contributed by atoms with Gasteiger partial charge in [0.25, 0.3) is 0 Å². The van der Waals surface area contributed by atoms with Crippen LogP contribution in [-0.2, 0) is 4.79 Å². The number of methoxy groups -OCH3 is 1. The van der Waals surface area contributed by atoms with E-state index in [2.05, 4.69) is 17.0 Å². The minimum Gasteiger partial charge on any atom is -0.497 e. The van der Waals surface area contributed by atoms with E-state index < -0.39 is 0 Å². The van der Waals surface area contributed by atoms with Crippen molar-refractivity contribution in [2.24, 2.45) is 11.7 Å². The highest BCUT2D eigenvalue weighted by Gasteiger charge is 2.20. The maximum atomic E-state index is 10.9. The van der Waals surface area contributed by atoms with Crippen molar-refractivity contribution in [3.8, 4) is 5.75 Å². The van der Waals surface area contributed by atoms with Gasteiger partial charge >= 0.3 is 0 Å². The number of amides is 1. The highest BCUT2D eigenvalue weighted by molar-refractivity contribution is 5.74. The van der Waals surface area contributed by atoms with E-state index in [1.807, 2.05) is 12.1 Å². The molecule has 1 aliphatic heterocycles. The lowest BCUT2D eigenvalue weighted by Gasteiger charge is -2.33. The third-order valence-corrected chi connectivity index (χ3v) is 3.52. The number of benzene rings is 1. The van der Waals surface area contributed by atoms with Crippen molar-refractivity contribution in [3.05, 3.63) is 24.3 Å². The van der Waals surface area contributed by atoms with Gasteiger partial charge in [0.05, 0.1) is 7.11 Å². The highest BCUT2D eigenvalue weighted by atomic mass is 16.5. The molecule has 0 spiro atoms. The number of nitrogens with zero attached hydrogens (tertiary/aromatic N) is 1. The Hall–Kier alpha value is -1.71. The summed E-state index contributed by atoms with van der Waals surface area (Å²) in [7, 11) is 1.68. The van der Waals surface area contributed by atoms with Crippen LogP contribution in [-0.4, -0.2) is 26.1 Å². The van der Waals surface area contributed by atoms with Crippen molar-refractivity contribution in [2.75, 3.05) is 25.1 Å². The summed E-state index contributed by atoms with van der Waals surface area (Å²) in [5, 5.41) is 0. The molecule has 2 N–H and O–H groups in total. The predicted octanol–water partition coefficient (Wildman–Crippen LogP) is 1.79. The molecule has 18 heavy (non-hydrogen) atoms. The SMILES string of the molecule is COc1cccc(N2CCC(CC(N)=O)CC2)c1. The monoisotopic (exact) mass is 248 g/mol. The third-order valence-electron chi connectivity index (χ3n) is 3.52. The van der Waals surface area contributed by atoms with Gasteiger partial charge in [-0.1, -0.05) is 6.07 Å². The maximum absolute atomic E-state index is 10.9. The summed E-state index contributed by atoms with van der Waals surface area (Å²) < 4.78 is 5.23. The summed E-state index contributed by atoms with van der Waals surface area (Å²) in [5.41, 5.74) is 6.42. The molecule has 1 fully saturated rings. The molecular formula is C14H20N2O2. The molecule has 4 heteroatoms. The Morgan fingerprint density at radius 3 is 2.78 bits per heavy atom. The third kappa shape index (κ3) is 3.15. The van der Waals surface area contributed by atoms with Crippen molar-refractivity contribution in [2.45, 2.75) is 19.3 Å². The lowest BCUT2D eigenvalue weighted by molar-refractivity contribution is -0.119. The van der Waals surface area contributed by atoms with Crippen LogP contribution in [0, 0.1) is 5.92 Å². The average molecular weight is 248 g/mol. The zero-order valence-corrected chi connectivity index (χ0v) is 10.8. The molecule has 1 amide bonds. The first-order chi connectivity index (χ1) is 8.69. The lowest BCUT2D eigenvalue weighted by Crippen LogP contribution is -2.35. The average Bonchev–Trinajstić information content (AvgIpc) is 2.39. The second-order valence-corrected chi connectivity index (χ2v) is 4.80. The highest BCUT2D eigenvalue weighted by Crippen LogP contribution is 2.27. The normalized spacial score (nSPS) is 16.6. The van der Waals surface area contributed by atoms with E-state index >= 15 is 0 Å². The fourth-order valence-corrected chi connectivity index (χ4v) is 2.49. The largest absolute Gasteiger partial charge is 0.497 e. The van der Waals surface area contributed by atoms with Crippen LogP contribution in [0.2, 0.25) is 0 Å². The smallest absolute Gasteiger partial charge is 0.217 e. The van der Waals surface area contributed by atoms with Crippen LogP contribution < -0.4 is 15.4 Å². The lowest BCUT2D eigenvalue weighted by atomic mass is 9.93. The molecule has 0 atom stereocenters. The van der Waals surface area contributed by atoms with Crippen LogP contribution in [0.25, 0.3) is 0 Å². The molecule has 1 aliphatic rings. The fraction of sp³-hybridized carbons (Fsp3) is 0.500. The Kier molecular flexibility index (Phi) is 4.07. The second kappa shape index (κ2) is 5.76. The zero-order valence-electron chi connectivity index (χ0n) is 10.8. The van der Waals surface area contributed by atoms with Crippen LogP contribution >= 0.6 is 0 Å². The first-order valence-electron chi connectivity index (χ1n) is 6.36. The van der Waals surface area contributed by atoms with Gasteiger partial charge in [-0.05, 0) is 30.9 Å². The number of piperidine rings is 1. The van der Waals surface area contributed by atoms with Gasteiger partial charge in [-0.3, -0.25) is 4.79 Å². The molecule has 0 aromatic heterocycles. The molecule has 4 nitrogen and oxygen atoms in total. The number of nitrogens with two attached hydrogens (primary N) is 1. The van der Waals surface area contributed by atoms with Crippen LogP contribution in [0.15, 0.2) is 24.3 Å². The molecule has 1 aromatic rings. The summed E-state index contributed by atoms with van der Waals surface area (Å²) >= 11 is 0. The van der Waals surface area contributed by atoms with Crippen LogP contribution in [0.3, 0.4) is 0 Å². The summed E-state index contributed by atoms with van der Waals surface area (Å²) in [6.07, 6.45) is 2.58. The Morgan fingerprint density at radius 2 is 2.17 bits per heavy atom. The van der Waals surface area contributed by atoms with Crippen molar-refractivity contribution in [3.63, 3.8) is 0 Å². The van der Waals surface area contributed by atoms with Gasteiger partial charge in [0.2, 0.25) is 5.91 Å². The van der Waals surface area contributed by atoms with E-state index in [1.165, 1.54) is 5.69 Å². The standard InChI is InChI=1S/C14H20N2O2/c1-18-13-4-2-3-12(10-13)16-7-5-11(6-8-16)9-14(15)17/h2-4,10-11H,5-9H2,1H3,(H2,15,17). The molecule has 1 heterocycles. The van der Waals surface area contributed by atoms with Gasteiger partial charge in [-0.25, -0.2) is 0 Å². The van der Waals surface area contributed by atoms with E-state index in [1.54, 1.807) is 7.11 Å². The topological polar surface area (TPSA) is 55.6 Å². The number of hydrogen-bond donors (Lipinski definition) is 1. The number of anilines is 1. The number of carbonyl (C=O) groups excluding carboxylic acids is 1. The maximum Gasteiger partial charge on any atom is 0.217 e. The molecule has 0 aliphatic carbocycles. The zero-order chi connectivity index (χ0) is 13.0. The minimum absolute atomic E-state index is 0.185. The van der Waals surface area contributed by atoms with Crippen LogP contribution in [0.1, 0.15) is 19.3 Å². The molecular weight excluding hydrogens is 228 g/mol. The van der Waals surface area contributed by atoms with Gasteiger partial charge in [0.1, 0.15) is 5.75 Å². The van der Waals surface area contributed by atoms with Crippen molar-refractivity contribution >= 4 is 11.6 Å². The molecule has 98 valence electrons. The number of rotatable bonds is 4. The molecule has 0 unspecified atom stereocenters. The number of hydrogen-bond acceptors (Lipinski definition) is 3. The van der Waals surface area contributed by atoms with Gasteiger partial charge in [0, 0.05) is 31.3 Å². The minimum atomic E-state index is -0.185. The van der Waals surface area contributed by atoms with Gasteiger partial charge < -0.3 is 15.4 Å². The van der Waals surface area contributed by atoms with E-state index in [-0.39, 0.29) is 5.91 Å². The summed E-state index contributed by atoms with van der Waals surface area (Å²) in [6.45, 7) is 1.95. The van der Waals surface area contributed by atoms with Crippen LogP contribution in [0.5, 0.6) is 5.75 Å². The Morgan fingerprint density at radius 1 is 1.44 bits per heavy atom. The Bertz CT molecular complexity index is 412. The first kappa shape index (κ1) is 12.7. The summed E-state index contributed by atoms with van der Waals surface area (Å²) in [4.78, 5) is 13.2. The molecule has 2 rings (SSSR count). The Balaban J connectivity index is 1.94. The molecule has 0 radical (unpaired) electrons.